The molecule has 3 rings (SSSR count). The molecule has 0 bridgehead atoms. The minimum Gasteiger partial charge on any atom is -0.356 e. The van der Waals surface area contributed by atoms with Crippen LogP contribution in [0.4, 0.5) is 0 Å². The number of hydrogen-bond acceptors (Lipinski definition) is 5. The number of rotatable bonds is 7. The van der Waals surface area contributed by atoms with E-state index in [2.05, 4.69) is 31.5 Å². The molecule has 0 atom stereocenters. The maximum absolute atomic E-state index is 12.3. The first-order valence-electron chi connectivity index (χ1n) is 8.56. The fraction of sp³-hybridized carbons (Fsp3) is 0.500. The molecule has 0 aliphatic carbocycles. The number of fused-ring (bicyclic) bond motifs is 1. The fourth-order valence-corrected chi connectivity index (χ4v) is 3.16. The van der Waals surface area contributed by atoms with E-state index in [0.717, 1.165) is 23.2 Å². The summed E-state index contributed by atoms with van der Waals surface area (Å²) in [7, 11) is 1.65. The third kappa shape index (κ3) is 3.38. The highest BCUT2D eigenvalue weighted by Crippen LogP contribution is 2.36. The molecule has 8 heteroatoms. The van der Waals surface area contributed by atoms with E-state index in [4.69, 9.17) is 6.42 Å². The van der Waals surface area contributed by atoms with Crippen LogP contribution in [0, 0.1) is 26.2 Å². The van der Waals surface area contributed by atoms with Crippen molar-refractivity contribution in [1.82, 2.24) is 20.1 Å². The van der Waals surface area contributed by atoms with Crippen LogP contribution < -0.4 is 10.9 Å². The summed E-state index contributed by atoms with van der Waals surface area (Å²) in [6.07, 6.45) is 7.44. The number of H-pyrrole nitrogens is 1. The lowest BCUT2D eigenvalue weighted by Crippen LogP contribution is -2.30. The molecule has 3 heterocycles. The van der Waals surface area contributed by atoms with Gasteiger partial charge in [-0.15, -0.1) is 12.3 Å². The molecule has 1 aliphatic heterocycles. The standard InChI is InChI=1S/C18H22N6O2/c1-5-6-7-18(22-23-18)8-9-19-14(25)10-13-11(2)15-16(20-12(13)3)21-24(4)17(15)26/h1H,6-10H2,2-4H3,(H,19,25)(H,20,21). The molecule has 26 heavy (non-hydrogen) atoms. The Morgan fingerprint density at radius 1 is 1.35 bits per heavy atom. The summed E-state index contributed by atoms with van der Waals surface area (Å²) < 4.78 is 1.40. The molecule has 0 radical (unpaired) electrons. The molecule has 1 amide bonds. The highest BCUT2D eigenvalue weighted by Gasteiger charge is 2.38. The van der Waals surface area contributed by atoms with Gasteiger partial charge in [-0.2, -0.15) is 10.2 Å². The lowest BCUT2D eigenvalue weighted by Gasteiger charge is -2.12. The van der Waals surface area contributed by atoms with E-state index < -0.39 is 5.66 Å². The highest BCUT2D eigenvalue weighted by molar-refractivity contribution is 5.84. The Kier molecular flexibility index (Phi) is 4.64. The van der Waals surface area contributed by atoms with Gasteiger partial charge in [0.1, 0.15) is 0 Å². The molecule has 2 N–H and O–H groups in total. The minimum atomic E-state index is -0.400. The van der Waals surface area contributed by atoms with Crippen molar-refractivity contribution in [3.05, 3.63) is 27.2 Å². The van der Waals surface area contributed by atoms with Gasteiger partial charge in [0.25, 0.3) is 5.56 Å². The van der Waals surface area contributed by atoms with Gasteiger partial charge < -0.3 is 5.32 Å². The quantitative estimate of drug-likeness (QED) is 0.736. The predicted molar refractivity (Wildman–Crippen MR) is 97.8 cm³/mol. The normalized spacial score (nSPS) is 14.4. The van der Waals surface area contributed by atoms with Gasteiger partial charge in [0.2, 0.25) is 5.91 Å². The number of aromatic amines is 1. The van der Waals surface area contributed by atoms with Gasteiger partial charge in [-0.3, -0.25) is 19.4 Å². The van der Waals surface area contributed by atoms with Crippen molar-refractivity contribution in [3.8, 4) is 12.3 Å². The molecule has 0 unspecified atom stereocenters. The van der Waals surface area contributed by atoms with Crippen molar-refractivity contribution in [1.29, 1.82) is 0 Å². The summed E-state index contributed by atoms with van der Waals surface area (Å²) in [5.41, 5.74) is 2.33. The molecule has 0 saturated carbocycles. The number of nitrogens with zero attached hydrogens (tertiary/aromatic N) is 4. The van der Waals surface area contributed by atoms with Crippen LogP contribution in [0.5, 0.6) is 0 Å². The van der Waals surface area contributed by atoms with E-state index in [1.165, 1.54) is 4.68 Å². The van der Waals surface area contributed by atoms with Gasteiger partial charge in [-0.05, 0) is 25.0 Å². The van der Waals surface area contributed by atoms with Crippen LogP contribution in [0.25, 0.3) is 11.0 Å². The minimum absolute atomic E-state index is 0.113. The Hall–Kier alpha value is -2.95. The van der Waals surface area contributed by atoms with Gasteiger partial charge >= 0.3 is 0 Å². The fourth-order valence-electron chi connectivity index (χ4n) is 3.16. The lowest BCUT2D eigenvalue weighted by atomic mass is 10.0. The van der Waals surface area contributed by atoms with Crippen molar-refractivity contribution in [2.75, 3.05) is 6.54 Å². The van der Waals surface area contributed by atoms with Crippen molar-refractivity contribution in [3.63, 3.8) is 0 Å². The average molecular weight is 354 g/mol. The Morgan fingerprint density at radius 2 is 2.08 bits per heavy atom. The second-order valence-electron chi connectivity index (χ2n) is 6.66. The summed E-state index contributed by atoms with van der Waals surface area (Å²) in [4.78, 5) is 29.0. The first-order chi connectivity index (χ1) is 12.4. The number of hydrogen-bond donors (Lipinski definition) is 2. The Bertz CT molecular complexity index is 986. The third-order valence-corrected chi connectivity index (χ3v) is 4.81. The van der Waals surface area contributed by atoms with Crippen LogP contribution in [0.1, 0.15) is 36.1 Å². The first-order valence-corrected chi connectivity index (χ1v) is 8.56. The number of aromatic nitrogens is 3. The largest absolute Gasteiger partial charge is 0.356 e. The molecule has 0 saturated heterocycles. The number of terminal acetylenes is 1. The van der Waals surface area contributed by atoms with Crippen molar-refractivity contribution >= 4 is 16.9 Å². The zero-order valence-electron chi connectivity index (χ0n) is 15.2. The van der Waals surface area contributed by atoms with Crippen molar-refractivity contribution in [2.45, 2.75) is 45.2 Å². The number of pyridine rings is 1. The second-order valence-corrected chi connectivity index (χ2v) is 6.66. The zero-order chi connectivity index (χ0) is 18.9. The third-order valence-electron chi connectivity index (χ3n) is 4.81. The number of aryl methyl sites for hydroxylation is 3. The summed E-state index contributed by atoms with van der Waals surface area (Å²) in [5, 5.41) is 14.5. The molecular weight excluding hydrogens is 332 g/mol. The SMILES string of the molecule is C#CCCC1(CCNC(=O)Cc2c(C)nc3[nH]n(C)c(=O)c3c2C)N=N1. The van der Waals surface area contributed by atoms with Crippen LogP contribution in [0.3, 0.4) is 0 Å². The summed E-state index contributed by atoms with van der Waals surface area (Å²) in [6.45, 7) is 4.18. The second kappa shape index (κ2) is 6.75. The van der Waals surface area contributed by atoms with Crippen LogP contribution in [-0.2, 0) is 18.3 Å². The number of carbonyl (C=O) groups is 1. The van der Waals surface area contributed by atoms with Crippen molar-refractivity contribution < 1.29 is 4.79 Å². The smallest absolute Gasteiger partial charge is 0.276 e. The maximum Gasteiger partial charge on any atom is 0.276 e. The van der Waals surface area contributed by atoms with Crippen LogP contribution in [-0.4, -0.2) is 32.9 Å². The number of nitrogens with one attached hydrogen (secondary N) is 2. The summed E-state index contributed by atoms with van der Waals surface area (Å²) in [6, 6.07) is 0. The molecule has 0 spiro atoms. The highest BCUT2D eigenvalue weighted by atomic mass is 16.1. The summed E-state index contributed by atoms with van der Waals surface area (Å²) in [5.74, 6) is 2.47. The zero-order valence-corrected chi connectivity index (χ0v) is 15.2. The van der Waals surface area contributed by atoms with Gasteiger partial charge in [0, 0.05) is 38.5 Å². The molecule has 2 aromatic rings. The molecule has 8 nitrogen and oxygen atoms in total. The lowest BCUT2D eigenvalue weighted by molar-refractivity contribution is -0.120. The summed E-state index contributed by atoms with van der Waals surface area (Å²) >= 11 is 0. The van der Waals surface area contributed by atoms with Crippen LogP contribution in [0.15, 0.2) is 15.0 Å². The number of amides is 1. The van der Waals surface area contributed by atoms with Crippen LogP contribution in [0.2, 0.25) is 0 Å². The van der Waals surface area contributed by atoms with Crippen LogP contribution >= 0.6 is 0 Å². The van der Waals surface area contributed by atoms with Gasteiger partial charge in [-0.1, -0.05) is 0 Å². The molecule has 0 fully saturated rings. The van der Waals surface area contributed by atoms with E-state index in [1.54, 1.807) is 7.05 Å². The van der Waals surface area contributed by atoms with E-state index in [1.807, 2.05) is 13.8 Å². The number of carbonyl (C=O) groups excluding carboxylic acids is 1. The first kappa shape index (κ1) is 17.9. The topological polar surface area (TPSA) is 104 Å². The van der Waals surface area contributed by atoms with Crippen molar-refractivity contribution in [2.24, 2.45) is 17.3 Å². The van der Waals surface area contributed by atoms with E-state index >= 15 is 0 Å². The molecular formula is C18H22N6O2. The Balaban J connectivity index is 1.65. The molecule has 136 valence electrons. The van der Waals surface area contributed by atoms with Gasteiger partial charge in [-0.25, -0.2) is 4.98 Å². The molecule has 0 aromatic carbocycles. The van der Waals surface area contributed by atoms with E-state index in [9.17, 15) is 9.59 Å². The van der Waals surface area contributed by atoms with Gasteiger partial charge in [0.05, 0.1) is 11.8 Å². The Morgan fingerprint density at radius 3 is 2.73 bits per heavy atom. The molecule has 1 aliphatic rings. The predicted octanol–water partition coefficient (Wildman–Crippen LogP) is 1.50. The molecule has 2 aromatic heterocycles. The van der Waals surface area contributed by atoms with E-state index in [-0.39, 0.29) is 17.9 Å². The monoisotopic (exact) mass is 354 g/mol. The maximum atomic E-state index is 12.3. The van der Waals surface area contributed by atoms with Gasteiger partial charge in [0.15, 0.2) is 11.3 Å². The van der Waals surface area contributed by atoms with E-state index in [0.29, 0.717) is 30.4 Å². The average Bonchev–Trinajstić information content (AvgIpc) is 3.30. The Labute approximate surface area is 151 Å².